The summed E-state index contributed by atoms with van der Waals surface area (Å²) >= 11 is 1.65. The summed E-state index contributed by atoms with van der Waals surface area (Å²) in [4.78, 5) is 1.16. The van der Waals surface area contributed by atoms with Crippen molar-refractivity contribution in [3.8, 4) is 11.8 Å². The molecule has 0 atom stereocenters. The lowest BCUT2D eigenvalue weighted by Crippen LogP contribution is -1.98. The standard InChI is InChI=1S/C15H14FNOS/c16-14-6-5-13(12(9-14)3-1-7-17)10-18-11-15-4-2-8-19-15/h2,4-6,8-9H,7,10-11,17H2. The van der Waals surface area contributed by atoms with Gasteiger partial charge >= 0.3 is 0 Å². The topological polar surface area (TPSA) is 35.2 Å². The van der Waals surface area contributed by atoms with Crippen LogP contribution in [0.1, 0.15) is 16.0 Å². The number of nitrogens with two attached hydrogens (primary N) is 1. The first kappa shape index (κ1) is 13.8. The minimum Gasteiger partial charge on any atom is -0.371 e. The van der Waals surface area contributed by atoms with Crippen molar-refractivity contribution in [2.75, 3.05) is 6.54 Å². The number of thiophene rings is 1. The summed E-state index contributed by atoms with van der Waals surface area (Å²) in [6.07, 6.45) is 0. The van der Waals surface area contributed by atoms with Gasteiger partial charge in [-0.15, -0.1) is 11.3 Å². The van der Waals surface area contributed by atoms with Crippen LogP contribution in [0.3, 0.4) is 0 Å². The molecule has 0 saturated carbocycles. The van der Waals surface area contributed by atoms with E-state index < -0.39 is 0 Å². The number of ether oxygens (including phenoxy) is 1. The van der Waals surface area contributed by atoms with Crippen LogP contribution < -0.4 is 5.73 Å². The van der Waals surface area contributed by atoms with Crippen molar-refractivity contribution in [1.82, 2.24) is 0 Å². The molecule has 0 radical (unpaired) electrons. The molecule has 0 aliphatic carbocycles. The molecule has 0 fully saturated rings. The van der Waals surface area contributed by atoms with E-state index in [4.69, 9.17) is 10.5 Å². The molecule has 1 aromatic heterocycles. The van der Waals surface area contributed by atoms with Crippen LogP contribution in [0.5, 0.6) is 0 Å². The fraction of sp³-hybridized carbons (Fsp3) is 0.200. The van der Waals surface area contributed by atoms with Gasteiger partial charge in [-0.25, -0.2) is 4.39 Å². The summed E-state index contributed by atoms with van der Waals surface area (Å²) in [5.74, 6) is 5.30. The first-order valence-electron chi connectivity index (χ1n) is 5.87. The average Bonchev–Trinajstić information content (AvgIpc) is 2.91. The van der Waals surface area contributed by atoms with Crippen molar-refractivity contribution in [2.24, 2.45) is 5.73 Å². The maximum atomic E-state index is 13.2. The van der Waals surface area contributed by atoms with Crippen LogP contribution in [-0.2, 0) is 18.0 Å². The Bertz CT molecular complexity index is 584. The summed E-state index contributed by atoms with van der Waals surface area (Å²) in [5.41, 5.74) is 6.84. The molecule has 0 saturated heterocycles. The van der Waals surface area contributed by atoms with Gasteiger partial charge in [0.15, 0.2) is 0 Å². The maximum absolute atomic E-state index is 13.2. The first-order valence-corrected chi connectivity index (χ1v) is 6.75. The summed E-state index contributed by atoms with van der Waals surface area (Å²) in [6.45, 7) is 1.22. The predicted octanol–water partition coefficient (Wildman–Crippen LogP) is 2.91. The summed E-state index contributed by atoms with van der Waals surface area (Å²) in [6, 6.07) is 8.53. The molecule has 4 heteroatoms. The summed E-state index contributed by atoms with van der Waals surface area (Å²) in [5, 5.41) is 2.01. The molecule has 98 valence electrons. The zero-order valence-corrected chi connectivity index (χ0v) is 11.2. The highest BCUT2D eigenvalue weighted by Gasteiger charge is 2.03. The molecule has 1 heterocycles. The molecule has 2 N–H and O–H groups in total. The van der Waals surface area contributed by atoms with Gasteiger partial charge in [0.2, 0.25) is 0 Å². The van der Waals surface area contributed by atoms with E-state index in [0.29, 0.717) is 18.8 Å². The molecule has 1 aromatic carbocycles. The van der Waals surface area contributed by atoms with Crippen LogP contribution in [0.25, 0.3) is 0 Å². The van der Waals surface area contributed by atoms with E-state index in [2.05, 4.69) is 11.8 Å². The molecular formula is C15H14FNOS. The third-order valence-electron chi connectivity index (χ3n) is 2.48. The normalized spacial score (nSPS) is 10.0. The quantitative estimate of drug-likeness (QED) is 0.871. The monoisotopic (exact) mass is 275 g/mol. The van der Waals surface area contributed by atoms with Crippen molar-refractivity contribution in [3.05, 3.63) is 57.5 Å². The molecule has 0 spiro atoms. The molecule has 0 unspecified atom stereocenters. The van der Waals surface area contributed by atoms with Crippen molar-refractivity contribution >= 4 is 11.3 Å². The van der Waals surface area contributed by atoms with Gasteiger partial charge in [-0.2, -0.15) is 0 Å². The molecule has 0 amide bonds. The highest BCUT2D eigenvalue weighted by atomic mass is 32.1. The summed E-state index contributed by atoms with van der Waals surface area (Å²) in [7, 11) is 0. The van der Waals surface area contributed by atoms with Gasteiger partial charge in [0.05, 0.1) is 19.8 Å². The van der Waals surface area contributed by atoms with Crippen LogP contribution in [0.15, 0.2) is 35.7 Å². The third kappa shape index (κ3) is 4.18. The second-order valence-corrected chi connectivity index (χ2v) is 4.91. The Hall–Kier alpha value is -1.67. The Morgan fingerprint density at radius 2 is 2.16 bits per heavy atom. The zero-order valence-electron chi connectivity index (χ0n) is 10.4. The lowest BCUT2D eigenvalue weighted by Gasteiger charge is -2.06. The van der Waals surface area contributed by atoms with Gasteiger partial charge in [0.25, 0.3) is 0 Å². The average molecular weight is 275 g/mol. The van der Waals surface area contributed by atoms with Gasteiger partial charge in [0.1, 0.15) is 5.82 Å². The van der Waals surface area contributed by atoms with Gasteiger partial charge in [-0.3, -0.25) is 0 Å². The predicted molar refractivity (Wildman–Crippen MR) is 75.1 cm³/mol. The minimum absolute atomic E-state index is 0.256. The van der Waals surface area contributed by atoms with E-state index >= 15 is 0 Å². The van der Waals surface area contributed by atoms with Gasteiger partial charge in [-0.05, 0) is 29.1 Å². The van der Waals surface area contributed by atoms with Crippen molar-refractivity contribution < 1.29 is 9.13 Å². The highest BCUT2D eigenvalue weighted by Crippen LogP contribution is 2.14. The molecule has 2 nitrogen and oxygen atoms in total. The fourth-order valence-electron chi connectivity index (χ4n) is 1.59. The van der Waals surface area contributed by atoms with E-state index in [1.165, 1.54) is 12.1 Å². The van der Waals surface area contributed by atoms with E-state index in [9.17, 15) is 4.39 Å². The summed E-state index contributed by atoms with van der Waals surface area (Å²) < 4.78 is 18.8. The maximum Gasteiger partial charge on any atom is 0.124 e. The second kappa shape index (κ2) is 7.05. The third-order valence-corrected chi connectivity index (χ3v) is 3.33. The fourth-order valence-corrected chi connectivity index (χ4v) is 2.23. The zero-order chi connectivity index (χ0) is 13.5. The van der Waals surface area contributed by atoms with Crippen molar-refractivity contribution in [2.45, 2.75) is 13.2 Å². The van der Waals surface area contributed by atoms with Crippen LogP contribution in [0, 0.1) is 17.7 Å². The molecule has 0 aliphatic heterocycles. The Morgan fingerprint density at radius 1 is 1.26 bits per heavy atom. The molecule has 2 aromatic rings. The van der Waals surface area contributed by atoms with Gasteiger partial charge in [-0.1, -0.05) is 24.0 Å². The minimum atomic E-state index is -0.302. The molecular weight excluding hydrogens is 261 g/mol. The van der Waals surface area contributed by atoms with E-state index in [1.807, 2.05) is 17.5 Å². The van der Waals surface area contributed by atoms with Gasteiger partial charge in [0, 0.05) is 10.4 Å². The van der Waals surface area contributed by atoms with Gasteiger partial charge < -0.3 is 10.5 Å². The number of hydrogen-bond donors (Lipinski definition) is 1. The second-order valence-electron chi connectivity index (χ2n) is 3.88. The first-order chi connectivity index (χ1) is 9.29. The van der Waals surface area contributed by atoms with E-state index in [-0.39, 0.29) is 12.4 Å². The van der Waals surface area contributed by atoms with Crippen LogP contribution in [0.2, 0.25) is 0 Å². The Labute approximate surface area is 116 Å². The lowest BCUT2D eigenvalue weighted by atomic mass is 10.1. The lowest BCUT2D eigenvalue weighted by molar-refractivity contribution is 0.109. The van der Waals surface area contributed by atoms with E-state index in [1.54, 1.807) is 17.4 Å². The van der Waals surface area contributed by atoms with Crippen LogP contribution >= 0.6 is 11.3 Å². The smallest absolute Gasteiger partial charge is 0.124 e. The number of benzene rings is 1. The molecule has 2 rings (SSSR count). The number of rotatable bonds is 4. The number of hydrogen-bond acceptors (Lipinski definition) is 3. The van der Waals surface area contributed by atoms with Crippen LogP contribution in [-0.4, -0.2) is 6.54 Å². The Kier molecular flexibility index (Phi) is 5.10. The Morgan fingerprint density at radius 3 is 2.89 bits per heavy atom. The van der Waals surface area contributed by atoms with Crippen molar-refractivity contribution in [3.63, 3.8) is 0 Å². The number of halogens is 1. The van der Waals surface area contributed by atoms with Crippen LogP contribution in [0.4, 0.5) is 4.39 Å². The molecule has 0 aliphatic rings. The van der Waals surface area contributed by atoms with Crippen molar-refractivity contribution in [1.29, 1.82) is 0 Å². The highest BCUT2D eigenvalue weighted by molar-refractivity contribution is 7.09. The molecule has 19 heavy (non-hydrogen) atoms. The Balaban J connectivity index is 2.02. The molecule has 0 bridgehead atoms. The largest absolute Gasteiger partial charge is 0.371 e. The van der Waals surface area contributed by atoms with E-state index in [0.717, 1.165) is 10.4 Å². The SMILES string of the molecule is NCC#Cc1cc(F)ccc1COCc1cccs1.